The number of thioether (sulfide) groups is 1. The zero-order valence-electron chi connectivity index (χ0n) is 17.3. The van der Waals surface area contributed by atoms with E-state index in [2.05, 4.69) is 15.5 Å². The van der Waals surface area contributed by atoms with Crippen molar-refractivity contribution in [2.75, 3.05) is 22.5 Å². The van der Waals surface area contributed by atoms with Crippen molar-refractivity contribution in [2.45, 2.75) is 5.16 Å². The second kappa shape index (κ2) is 8.87. The summed E-state index contributed by atoms with van der Waals surface area (Å²) in [5.41, 5.74) is 2.80. The minimum atomic E-state index is -0.337. The molecule has 0 aliphatic carbocycles. The number of rotatable bonds is 5. The molecule has 0 saturated carbocycles. The predicted octanol–water partition coefficient (Wildman–Crippen LogP) is 4.15. The highest BCUT2D eigenvalue weighted by molar-refractivity contribution is 7.99. The normalized spacial score (nSPS) is 12.9. The molecular formula is C24H18FN5O2S. The Morgan fingerprint density at radius 2 is 1.70 bits per heavy atom. The number of aromatic nitrogens is 3. The summed E-state index contributed by atoms with van der Waals surface area (Å²) in [6.45, 7) is -0.0391. The van der Waals surface area contributed by atoms with Gasteiger partial charge in [-0.25, -0.2) is 4.39 Å². The number of benzene rings is 3. The second-order valence-electron chi connectivity index (χ2n) is 7.32. The lowest BCUT2D eigenvalue weighted by atomic mass is 10.2. The summed E-state index contributed by atoms with van der Waals surface area (Å²) in [6.07, 6.45) is 0. The van der Waals surface area contributed by atoms with Crippen LogP contribution in [0.5, 0.6) is 0 Å². The van der Waals surface area contributed by atoms with Crippen LogP contribution >= 0.6 is 11.8 Å². The van der Waals surface area contributed by atoms with Gasteiger partial charge in [0.2, 0.25) is 11.8 Å². The van der Waals surface area contributed by atoms with Crippen LogP contribution in [0.4, 0.5) is 15.8 Å². The molecular weight excluding hydrogens is 441 g/mol. The Balaban J connectivity index is 1.44. The van der Waals surface area contributed by atoms with E-state index >= 15 is 0 Å². The van der Waals surface area contributed by atoms with E-state index in [1.54, 1.807) is 30.3 Å². The summed E-state index contributed by atoms with van der Waals surface area (Å²) in [5, 5.41) is 11.9. The van der Waals surface area contributed by atoms with E-state index in [1.165, 1.54) is 28.8 Å². The highest BCUT2D eigenvalue weighted by Crippen LogP contribution is 2.31. The number of hydrogen-bond donors (Lipinski definition) is 1. The molecule has 2 amide bonds. The van der Waals surface area contributed by atoms with Crippen LogP contribution in [0.3, 0.4) is 0 Å². The molecule has 1 aliphatic rings. The van der Waals surface area contributed by atoms with Crippen LogP contribution in [0.1, 0.15) is 0 Å². The van der Waals surface area contributed by atoms with Crippen molar-refractivity contribution in [1.29, 1.82) is 0 Å². The van der Waals surface area contributed by atoms with Gasteiger partial charge in [-0.05, 0) is 48.5 Å². The zero-order chi connectivity index (χ0) is 22.8. The molecule has 1 N–H and O–H groups in total. The van der Waals surface area contributed by atoms with Crippen LogP contribution in [0.2, 0.25) is 0 Å². The van der Waals surface area contributed by atoms with E-state index in [0.717, 1.165) is 5.69 Å². The number of halogens is 1. The summed E-state index contributed by atoms with van der Waals surface area (Å²) < 4.78 is 15.3. The van der Waals surface area contributed by atoms with Crippen LogP contribution in [-0.2, 0) is 9.59 Å². The van der Waals surface area contributed by atoms with Crippen molar-refractivity contribution < 1.29 is 14.0 Å². The van der Waals surface area contributed by atoms with Crippen molar-refractivity contribution in [1.82, 2.24) is 14.8 Å². The average Bonchev–Trinajstić information content (AvgIpc) is 3.27. The Bertz CT molecular complexity index is 1320. The fraction of sp³-hybridized carbons (Fsp3) is 0.0833. The molecule has 9 heteroatoms. The predicted molar refractivity (Wildman–Crippen MR) is 125 cm³/mol. The quantitative estimate of drug-likeness (QED) is 0.454. The highest BCUT2D eigenvalue weighted by atomic mass is 32.2. The first-order valence-corrected chi connectivity index (χ1v) is 11.2. The fourth-order valence-electron chi connectivity index (χ4n) is 3.62. The van der Waals surface area contributed by atoms with Crippen molar-refractivity contribution in [2.24, 2.45) is 0 Å². The number of nitrogens with zero attached hydrogens (tertiary/aromatic N) is 4. The van der Waals surface area contributed by atoms with Gasteiger partial charge in [0, 0.05) is 11.3 Å². The van der Waals surface area contributed by atoms with Gasteiger partial charge in [-0.1, -0.05) is 42.1 Å². The number of hydrogen-bond acceptors (Lipinski definition) is 5. The van der Waals surface area contributed by atoms with Gasteiger partial charge >= 0.3 is 0 Å². The Hall–Kier alpha value is -3.98. The third-order valence-electron chi connectivity index (χ3n) is 5.15. The van der Waals surface area contributed by atoms with Crippen LogP contribution in [0, 0.1) is 5.82 Å². The minimum Gasteiger partial charge on any atom is -0.323 e. The van der Waals surface area contributed by atoms with E-state index < -0.39 is 0 Å². The van der Waals surface area contributed by atoms with E-state index in [0.29, 0.717) is 27.9 Å². The average molecular weight is 460 g/mol. The first-order valence-electron chi connectivity index (χ1n) is 10.2. The molecule has 4 aromatic rings. The summed E-state index contributed by atoms with van der Waals surface area (Å²) >= 11 is 1.23. The molecule has 0 bridgehead atoms. The summed E-state index contributed by atoms with van der Waals surface area (Å²) in [7, 11) is 0. The monoisotopic (exact) mass is 459 g/mol. The first kappa shape index (κ1) is 20.9. The highest BCUT2D eigenvalue weighted by Gasteiger charge is 2.27. The Morgan fingerprint density at radius 1 is 0.970 bits per heavy atom. The third-order valence-corrected chi connectivity index (χ3v) is 6.06. The van der Waals surface area contributed by atoms with Crippen LogP contribution in [-0.4, -0.2) is 38.9 Å². The van der Waals surface area contributed by atoms with E-state index in [1.807, 2.05) is 41.0 Å². The van der Waals surface area contributed by atoms with Crippen molar-refractivity contribution in [3.05, 3.63) is 84.7 Å². The lowest BCUT2D eigenvalue weighted by Gasteiger charge is -2.29. The number of amides is 2. The van der Waals surface area contributed by atoms with Gasteiger partial charge in [0.05, 0.1) is 17.1 Å². The fourth-order valence-corrected chi connectivity index (χ4v) is 4.45. The zero-order valence-corrected chi connectivity index (χ0v) is 18.1. The number of para-hydroxylation sites is 3. The van der Waals surface area contributed by atoms with Crippen molar-refractivity contribution >= 4 is 35.0 Å². The second-order valence-corrected chi connectivity index (χ2v) is 8.26. The van der Waals surface area contributed by atoms with Crippen LogP contribution in [0.25, 0.3) is 17.1 Å². The molecule has 0 spiro atoms. The SMILES string of the molecule is O=C1CN(C(=O)CSc2nnc(-c3ccc(F)cc3)n2-c2ccccc2)c2ccccc2N1. The molecule has 164 valence electrons. The van der Waals surface area contributed by atoms with Gasteiger partial charge < -0.3 is 10.2 Å². The minimum absolute atomic E-state index is 0.0391. The van der Waals surface area contributed by atoms with Gasteiger partial charge in [-0.2, -0.15) is 0 Å². The Labute approximate surface area is 193 Å². The van der Waals surface area contributed by atoms with Gasteiger partial charge in [0.15, 0.2) is 11.0 Å². The molecule has 1 aliphatic heterocycles. The Morgan fingerprint density at radius 3 is 2.48 bits per heavy atom. The number of fused-ring (bicyclic) bond motifs is 1. The lowest BCUT2D eigenvalue weighted by molar-refractivity contribution is -0.120. The maximum absolute atomic E-state index is 13.4. The number of anilines is 2. The molecule has 0 unspecified atom stereocenters. The van der Waals surface area contributed by atoms with Crippen LogP contribution in [0.15, 0.2) is 84.0 Å². The number of nitrogens with one attached hydrogen (secondary N) is 1. The number of carbonyl (C=O) groups excluding carboxylic acids is 2. The smallest absolute Gasteiger partial charge is 0.244 e. The van der Waals surface area contributed by atoms with Crippen molar-refractivity contribution in [3.8, 4) is 17.1 Å². The molecule has 0 atom stereocenters. The van der Waals surface area contributed by atoms with Gasteiger partial charge in [-0.3, -0.25) is 14.2 Å². The maximum Gasteiger partial charge on any atom is 0.244 e. The topological polar surface area (TPSA) is 80.1 Å². The van der Waals surface area contributed by atoms with Gasteiger partial charge in [0.25, 0.3) is 0 Å². The van der Waals surface area contributed by atoms with E-state index in [4.69, 9.17) is 0 Å². The largest absolute Gasteiger partial charge is 0.323 e. The molecule has 0 fully saturated rings. The summed E-state index contributed by atoms with van der Waals surface area (Å²) in [6, 6.07) is 22.7. The molecule has 1 aromatic heterocycles. The summed E-state index contributed by atoms with van der Waals surface area (Å²) in [5.74, 6) is -0.184. The molecule has 0 saturated heterocycles. The molecule has 3 aromatic carbocycles. The van der Waals surface area contributed by atoms with Gasteiger partial charge in [-0.15, -0.1) is 10.2 Å². The van der Waals surface area contributed by atoms with Crippen molar-refractivity contribution in [3.63, 3.8) is 0 Å². The standard InChI is InChI=1S/C24H18FN5O2S/c25-17-12-10-16(11-13-17)23-27-28-24(30(23)18-6-2-1-3-7-18)33-15-22(32)29-14-21(31)26-19-8-4-5-9-20(19)29/h1-13H,14-15H2,(H,26,31). The molecule has 2 heterocycles. The third kappa shape index (κ3) is 4.22. The molecule has 0 radical (unpaired) electrons. The van der Waals surface area contributed by atoms with E-state index in [-0.39, 0.29) is 29.9 Å². The molecule has 5 rings (SSSR count). The van der Waals surface area contributed by atoms with E-state index in [9.17, 15) is 14.0 Å². The maximum atomic E-state index is 13.4. The number of carbonyl (C=O) groups is 2. The molecule has 7 nitrogen and oxygen atoms in total. The lowest BCUT2D eigenvalue weighted by Crippen LogP contribution is -2.43. The first-order chi connectivity index (χ1) is 16.1. The van der Waals surface area contributed by atoms with Gasteiger partial charge in [0.1, 0.15) is 12.4 Å². The molecule has 33 heavy (non-hydrogen) atoms. The Kier molecular flexibility index (Phi) is 5.62. The summed E-state index contributed by atoms with van der Waals surface area (Å²) in [4.78, 5) is 26.6. The van der Waals surface area contributed by atoms with Crippen LogP contribution < -0.4 is 10.2 Å².